The van der Waals surface area contributed by atoms with Gasteiger partial charge in [0, 0.05) is 10.8 Å². The quantitative estimate of drug-likeness (QED) is 0.753. The fourth-order valence-electron chi connectivity index (χ4n) is 3.25. The molecule has 2 aliphatic rings. The number of rotatable bonds is 5. The molecule has 2 aromatic carbocycles. The lowest BCUT2D eigenvalue weighted by Gasteiger charge is -2.17. The van der Waals surface area contributed by atoms with Crippen LogP contribution in [-0.2, 0) is 19.0 Å². The summed E-state index contributed by atoms with van der Waals surface area (Å²) in [4.78, 5) is 25.0. The summed E-state index contributed by atoms with van der Waals surface area (Å²) in [6.45, 7) is 0.109. The molecule has 3 unspecified atom stereocenters. The standard InChI is InChI=1S/C20H18O5S/c21-17-11-15-16(12-23-19(22)13-7-3-1-4-8-13)24-20(18(15)25-17)26-14-9-5-2-6-10-14/h1-10,15-16,18,20H,11-12H2/t15?,16?,18-,20?/m1/s1. The highest BCUT2D eigenvalue weighted by molar-refractivity contribution is 7.99. The topological polar surface area (TPSA) is 61.8 Å². The van der Waals surface area contributed by atoms with Gasteiger partial charge in [-0.25, -0.2) is 4.79 Å². The number of hydrogen-bond donors (Lipinski definition) is 0. The van der Waals surface area contributed by atoms with E-state index >= 15 is 0 Å². The van der Waals surface area contributed by atoms with Crippen molar-refractivity contribution >= 4 is 23.7 Å². The number of fused-ring (bicyclic) bond motifs is 1. The van der Waals surface area contributed by atoms with Gasteiger partial charge in [0.15, 0.2) is 0 Å². The molecule has 4 atom stereocenters. The van der Waals surface area contributed by atoms with Gasteiger partial charge in [0.1, 0.15) is 24.3 Å². The maximum absolute atomic E-state index is 12.1. The molecule has 0 N–H and O–H groups in total. The number of ether oxygens (including phenoxy) is 3. The van der Waals surface area contributed by atoms with E-state index in [-0.39, 0.29) is 36.1 Å². The van der Waals surface area contributed by atoms with Crippen LogP contribution in [0.1, 0.15) is 16.8 Å². The number of thioether (sulfide) groups is 1. The minimum atomic E-state index is -0.393. The molecule has 4 rings (SSSR count). The maximum atomic E-state index is 12.1. The van der Waals surface area contributed by atoms with Crippen LogP contribution in [-0.4, -0.2) is 36.2 Å². The summed E-state index contributed by atoms with van der Waals surface area (Å²) in [5, 5.41) is 0. The van der Waals surface area contributed by atoms with Gasteiger partial charge >= 0.3 is 11.9 Å². The fourth-order valence-corrected chi connectivity index (χ4v) is 4.43. The monoisotopic (exact) mass is 370 g/mol. The zero-order valence-corrected chi connectivity index (χ0v) is 14.8. The Morgan fingerprint density at radius 3 is 2.50 bits per heavy atom. The highest BCUT2D eigenvalue weighted by atomic mass is 32.2. The van der Waals surface area contributed by atoms with E-state index in [1.807, 2.05) is 36.4 Å². The van der Waals surface area contributed by atoms with Crippen LogP contribution in [0.4, 0.5) is 0 Å². The van der Waals surface area contributed by atoms with Crippen LogP contribution in [0.2, 0.25) is 0 Å². The first-order valence-electron chi connectivity index (χ1n) is 8.49. The van der Waals surface area contributed by atoms with Crippen LogP contribution in [0.3, 0.4) is 0 Å². The highest BCUT2D eigenvalue weighted by Gasteiger charge is 2.52. The van der Waals surface area contributed by atoms with Gasteiger partial charge in [-0.15, -0.1) is 0 Å². The first-order valence-corrected chi connectivity index (χ1v) is 9.37. The van der Waals surface area contributed by atoms with E-state index in [1.54, 1.807) is 24.3 Å². The molecule has 2 aromatic rings. The van der Waals surface area contributed by atoms with Crippen molar-refractivity contribution in [1.29, 1.82) is 0 Å². The molecule has 5 nitrogen and oxygen atoms in total. The second kappa shape index (κ2) is 7.51. The van der Waals surface area contributed by atoms with Gasteiger partial charge in [-0.05, 0) is 24.3 Å². The third kappa shape index (κ3) is 3.61. The predicted molar refractivity (Wildman–Crippen MR) is 95.7 cm³/mol. The van der Waals surface area contributed by atoms with Crippen LogP contribution >= 0.6 is 11.8 Å². The van der Waals surface area contributed by atoms with Crippen molar-refractivity contribution in [2.24, 2.45) is 5.92 Å². The Hall–Kier alpha value is -2.31. The van der Waals surface area contributed by atoms with Crippen molar-refractivity contribution < 1.29 is 23.8 Å². The summed E-state index contributed by atoms with van der Waals surface area (Å²) in [7, 11) is 0. The number of hydrogen-bond acceptors (Lipinski definition) is 6. The summed E-state index contributed by atoms with van der Waals surface area (Å²) in [5.41, 5.74) is 0.199. The molecule has 2 fully saturated rings. The average molecular weight is 370 g/mol. The SMILES string of the molecule is O=C1CC2C(COC(=O)c3ccccc3)OC(Sc3ccccc3)[C@@H]2O1. The van der Waals surface area contributed by atoms with Crippen molar-refractivity contribution in [3.63, 3.8) is 0 Å². The summed E-state index contributed by atoms with van der Waals surface area (Å²) >= 11 is 1.52. The Balaban J connectivity index is 1.41. The molecule has 26 heavy (non-hydrogen) atoms. The lowest BCUT2D eigenvalue weighted by molar-refractivity contribution is -0.143. The fraction of sp³-hybridized carbons (Fsp3) is 0.300. The van der Waals surface area contributed by atoms with E-state index in [9.17, 15) is 9.59 Å². The molecule has 134 valence electrons. The second-order valence-corrected chi connectivity index (χ2v) is 7.43. The molecule has 0 aromatic heterocycles. The van der Waals surface area contributed by atoms with Crippen LogP contribution in [0.15, 0.2) is 65.6 Å². The van der Waals surface area contributed by atoms with Gasteiger partial charge in [-0.1, -0.05) is 48.2 Å². The van der Waals surface area contributed by atoms with Gasteiger partial charge in [0.2, 0.25) is 0 Å². The van der Waals surface area contributed by atoms with E-state index in [0.717, 1.165) is 4.90 Å². The molecule has 2 heterocycles. The first-order chi connectivity index (χ1) is 12.7. The molecular formula is C20H18O5S. The molecule has 2 saturated heterocycles. The van der Waals surface area contributed by atoms with Gasteiger partial charge in [-0.2, -0.15) is 0 Å². The van der Waals surface area contributed by atoms with Gasteiger partial charge in [0.05, 0.1) is 12.0 Å². The predicted octanol–water partition coefficient (Wildman–Crippen LogP) is 3.29. The van der Waals surface area contributed by atoms with Gasteiger partial charge in [-0.3, -0.25) is 4.79 Å². The van der Waals surface area contributed by atoms with Gasteiger partial charge in [0.25, 0.3) is 0 Å². The lowest BCUT2D eigenvalue weighted by atomic mass is 9.98. The number of benzene rings is 2. The second-order valence-electron chi connectivity index (χ2n) is 6.26. The van der Waals surface area contributed by atoms with Crippen LogP contribution in [0.5, 0.6) is 0 Å². The Morgan fingerprint density at radius 2 is 1.77 bits per heavy atom. The Labute approximate surface area is 155 Å². The summed E-state index contributed by atoms with van der Waals surface area (Å²) in [6.07, 6.45) is -0.363. The molecule has 0 aliphatic carbocycles. The van der Waals surface area contributed by atoms with E-state index < -0.39 is 5.97 Å². The highest BCUT2D eigenvalue weighted by Crippen LogP contribution is 2.43. The summed E-state index contributed by atoms with van der Waals surface area (Å²) in [5.74, 6) is -0.705. The smallest absolute Gasteiger partial charge is 0.338 e. The number of esters is 2. The summed E-state index contributed by atoms with van der Waals surface area (Å²) < 4.78 is 17.0. The van der Waals surface area contributed by atoms with Crippen LogP contribution in [0, 0.1) is 5.92 Å². The van der Waals surface area contributed by atoms with E-state index in [2.05, 4.69) is 0 Å². The molecule has 0 bridgehead atoms. The normalized spacial score (nSPS) is 27.0. The molecule has 0 amide bonds. The van der Waals surface area contributed by atoms with Crippen molar-refractivity contribution in [3.8, 4) is 0 Å². The molecule has 6 heteroatoms. The number of carbonyl (C=O) groups excluding carboxylic acids is 2. The van der Waals surface area contributed by atoms with Crippen molar-refractivity contribution in [2.45, 2.75) is 29.0 Å². The lowest BCUT2D eigenvalue weighted by Crippen LogP contribution is -2.26. The minimum absolute atomic E-state index is 0.0905. The third-order valence-electron chi connectivity index (χ3n) is 4.53. The average Bonchev–Trinajstić information content (AvgIpc) is 3.20. The summed E-state index contributed by atoms with van der Waals surface area (Å²) in [6, 6.07) is 18.7. The van der Waals surface area contributed by atoms with Crippen LogP contribution < -0.4 is 0 Å². The number of carbonyl (C=O) groups is 2. The minimum Gasteiger partial charge on any atom is -0.459 e. The Bertz CT molecular complexity index is 779. The molecule has 0 radical (unpaired) electrons. The molecular weight excluding hydrogens is 352 g/mol. The van der Waals surface area contributed by atoms with Crippen molar-refractivity contribution in [1.82, 2.24) is 0 Å². The zero-order chi connectivity index (χ0) is 17.9. The van der Waals surface area contributed by atoms with Crippen LogP contribution in [0.25, 0.3) is 0 Å². The molecule has 0 saturated carbocycles. The first kappa shape index (κ1) is 17.1. The van der Waals surface area contributed by atoms with Crippen molar-refractivity contribution in [2.75, 3.05) is 6.61 Å². The Kier molecular flexibility index (Phi) is 4.95. The third-order valence-corrected chi connectivity index (χ3v) is 5.69. The molecule has 0 spiro atoms. The van der Waals surface area contributed by atoms with Gasteiger partial charge < -0.3 is 14.2 Å². The van der Waals surface area contributed by atoms with Crippen molar-refractivity contribution in [3.05, 3.63) is 66.2 Å². The zero-order valence-electron chi connectivity index (χ0n) is 13.9. The largest absolute Gasteiger partial charge is 0.459 e. The van der Waals surface area contributed by atoms with E-state index in [0.29, 0.717) is 12.0 Å². The maximum Gasteiger partial charge on any atom is 0.338 e. The Morgan fingerprint density at radius 1 is 1.08 bits per heavy atom. The molecule has 2 aliphatic heterocycles. The van der Waals surface area contributed by atoms with E-state index in [4.69, 9.17) is 14.2 Å². The van der Waals surface area contributed by atoms with E-state index in [1.165, 1.54) is 11.8 Å².